The minimum atomic E-state index is -0.0351. The first kappa shape index (κ1) is 17.9. The molecule has 0 N–H and O–H groups in total. The van der Waals surface area contributed by atoms with Gasteiger partial charge in [-0.1, -0.05) is 41.5 Å². The Morgan fingerprint density at radius 3 is 3.15 bits per heavy atom. The number of halogens is 1. The molecule has 2 amide bonds. The fourth-order valence-corrected chi connectivity index (χ4v) is 3.97. The van der Waals surface area contributed by atoms with Crippen molar-refractivity contribution in [3.05, 3.63) is 77.3 Å². The van der Waals surface area contributed by atoms with Crippen molar-refractivity contribution in [2.45, 2.75) is 31.6 Å². The van der Waals surface area contributed by atoms with Gasteiger partial charge in [-0.15, -0.1) is 0 Å². The lowest BCUT2D eigenvalue weighted by Crippen LogP contribution is -2.37. The summed E-state index contributed by atoms with van der Waals surface area (Å²) < 4.78 is 5.61. The standard InChI is InChI=1S/C21H22ClN3O2/c22-20-19(7-4-9-23-20)17-8-10-24(14-17)21(26)25-11-12-27-18(15-25)13-16-5-2-1-3-6-16/h1-2,4-5,7,9,11-12,15,17H,3,6,8,10,13-14H2. The number of carbonyl (C=O) groups is 1. The Labute approximate surface area is 164 Å². The molecule has 1 aromatic rings. The van der Waals surface area contributed by atoms with Crippen LogP contribution < -0.4 is 0 Å². The van der Waals surface area contributed by atoms with Crippen molar-refractivity contribution in [1.82, 2.24) is 14.8 Å². The molecule has 4 rings (SSSR count). The van der Waals surface area contributed by atoms with Crippen LogP contribution in [0.15, 0.2) is 66.6 Å². The molecule has 0 spiro atoms. The van der Waals surface area contributed by atoms with Crippen molar-refractivity contribution in [2.24, 2.45) is 0 Å². The topological polar surface area (TPSA) is 45.7 Å². The summed E-state index contributed by atoms with van der Waals surface area (Å²) in [5, 5.41) is 0.528. The maximum atomic E-state index is 12.9. The van der Waals surface area contributed by atoms with Gasteiger partial charge in [-0.25, -0.2) is 9.78 Å². The summed E-state index contributed by atoms with van der Waals surface area (Å²) in [6.45, 7) is 1.35. The van der Waals surface area contributed by atoms with Gasteiger partial charge in [-0.2, -0.15) is 0 Å². The minimum absolute atomic E-state index is 0.0351. The first-order valence-corrected chi connectivity index (χ1v) is 9.65. The zero-order valence-corrected chi connectivity index (χ0v) is 15.8. The largest absolute Gasteiger partial charge is 0.466 e. The molecule has 0 bridgehead atoms. The second-order valence-corrected chi connectivity index (χ2v) is 7.33. The summed E-state index contributed by atoms with van der Waals surface area (Å²) in [4.78, 5) is 20.6. The molecular weight excluding hydrogens is 362 g/mol. The Morgan fingerprint density at radius 1 is 1.41 bits per heavy atom. The van der Waals surface area contributed by atoms with E-state index in [4.69, 9.17) is 16.3 Å². The van der Waals surface area contributed by atoms with Gasteiger partial charge < -0.3 is 9.64 Å². The molecule has 2 aliphatic heterocycles. The third-order valence-electron chi connectivity index (χ3n) is 5.13. The van der Waals surface area contributed by atoms with Crippen molar-refractivity contribution in [2.75, 3.05) is 13.1 Å². The maximum Gasteiger partial charge on any atom is 0.328 e. The molecule has 1 fully saturated rings. The Hall–Kier alpha value is -2.53. The van der Waals surface area contributed by atoms with E-state index in [9.17, 15) is 4.79 Å². The number of carbonyl (C=O) groups excluding carboxylic acids is 1. The number of urea groups is 1. The third-order valence-corrected chi connectivity index (χ3v) is 5.45. The quantitative estimate of drug-likeness (QED) is 0.693. The van der Waals surface area contributed by atoms with E-state index in [1.807, 2.05) is 17.0 Å². The Kier molecular flexibility index (Phi) is 5.30. The van der Waals surface area contributed by atoms with Crippen molar-refractivity contribution in [3.8, 4) is 0 Å². The number of ether oxygens (including phenoxy) is 1. The first-order chi connectivity index (χ1) is 13.2. The number of aromatic nitrogens is 1. The molecule has 27 heavy (non-hydrogen) atoms. The van der Waals surface area contributed by atoms with Crippen LogP contribution in [-0.2, 0) is 4.74 Å². The predicted octanol–water partition coefficient (Wildman–Crippen LogP) is 4.96. The van der Waals surface area contributed by atoms with Crippen LogP contribution in [0.3, 0.4) is 0 Å². The van der Waals surface area contributed by atoms with Crippen LogP contribution in [0.2, 0.25) is 5.15 Å². The number of pyridine rings is 1. The fraction of sp³-hybridized carbons (Fsp3) is 0.333. The molecule has 1 atom stereocenters. The maximum absolute atomic E-state index is 12.9. The van der Waals surface area contributed by atoms with Crippen LogP contribution in [0.4, 0.5) is 4.79 Å². The van der Waals surface area contributed by atoms with E-state index < -0.39 is 0 Å². The number of hydrogen-bond acceptors (Lipinski definition) is 3. The zero-order valence-electron chi connectivity index (χ0n) is 15.1. The average Bonchev–Trinajstić information content (AvgIpc) is 3.19. The molecule has 1 aliphatic carbocycles. The van der Waals surface area contributed by atoms with Gasteiger partial charge in [0.05, 0.1) is 6.20 Å². The second-order valence-electron chi connectivity index (χ2n) is 6.97. The van der Waals surface area contributed by atoms with Gasteiger partial charge in [0.15, 0.2) is 0 Å². The number of likely N-dealkylation sites (tertiary alicyclic amines) is 1. The number of amides is 2. The third kappa shape index (κ3) is 4.08. The van der Waals surface area contributed by atoms with Crippen molar-refractivity contribution in [3.63, 3.8) is 0 Å². The highest BCUT2D eigenvalue weighted by atomic mass is 35.5. The molecule has 3 aliphatic rings. The van der Waals surface area contributed by atoms with Crippen LogP contribution in [0.1, 0.15) is 37.2 Å². The van der Waals surface area contributed by atoms with Gasteiger partial charge >= 0.3 is 6.03 Å². The Morgan fingerprint density at radius 2 is 2.33 bits per heavy atom. The Bertz CT molecular complexity index is 844. The molecule has 1 aromatic heterocycles. The molecule has 1 unspecified atom stereocenters. The van der Waals surface area contributed by atoms with Gasteiger partial charge in [0.1, 0.15) is 17.2 Å². The van der Waals surface area contributed by atoms with Gasteiger partial charge in [0.2, 0.25) is 0 Å². The van der Waals surface area contributed by atoms with Gasteiger partial charge in [-0.05, 0) is 30.9 Å². The van der Waals surface area contributed by atoms with Crippen LogP contribution >= 0.6 is 11.6 Å². The molecular formula is C21H22ClN3O2. The molecule has 3 heterocycles. The van der Waals surface area contributed by atoms with E-state index in [1.165, 1.54) is 5.57 Å². The molecule has 0 saturated carbocycles. The normalized spacial score (nSPS) is 21.7. The highest BCUT2D eigenvalue weighted by molar-refractivity contribution is 6.30. The van der Waals surface area contributed by atoms with Crippen LogP contribution in [0, 0.1) is 0 Å². The van der Waals surface area contributed by atoms with E-state index in [-0.39, 0.29) is 11.9 Å². The second kappa shape index (κ2) is 8.01. The highest BCUT2D eigenvalue weighted by Crippen LogP contribution is 2.32. The zero-order chi connectivity index (χ0) is 18.6. The van der Waals surface area contributed by atoms with Crippen molar-refractivity contribution in [1.29, 1.82) is 0 Å². The summed E-state index contributed by atoms with van der Waals surface area (Å²) in [6, 6.07) is 3.85. The average molecular weight is 384 g/mol. The lowest BCUT2D eigenvalue weighted by Gasteiger charge is -2.26. The van der Waals surface area contributed by atoms with E-state index in [2.05, 4.69) is 23.2 Å². The summed E-state index contributed by atoms with van der Waals surface area (Å²) in [5.74, 6) is 1.02. The van der Waals surface area contributed by atoms with Crippen LogP contribution in [0.25, 0.3) is 0 Å². The molecule has 5 nitrogen and oxygen atoms in total. The summed E-state index contributed by atoms with van der Waals surface area (Å²) >= 11 is 6.22. The van der Waals surface area contributed by atoms with Gasteiger partial charge in [0.25, 0.3) is 0 Å². The fourth-order valence-electron chi connectivity index (χ4n) is 3.70. The van der Waals surface area contributed by atoms with Gasteiger partial charge in [0, 0.05) is 37.8 Å². The van der Waals surface area contributed by atoms with E-state index >= 15 is 0 Å². The lowest BCUT2D eigenvalue weighted by molar-refractivity contribution is 0.184. The number of rotatable bonds is 3. The predicted molar refractivity (Wildman–Crippen MR) is 105 cm³/mol. The smallest absolute Gasteiger partial charge is 0.328 e. The van der Waals surface area contributed by atoms with E-state index in [0.717, 1.165) is 37.0 Å². The number of allylic oxidation sites excluding steroid dienone is 4. The van der Waals surface area contributed by atoms with E-state index in [1.54, 1.807) is 29.8 Å². The van der Waals surface area contributed by atoms with Crippen molar-refractivity contribution >= 4 is 17.6 Å². The Balaban J connectivity index is 1.41. The van der Waals surface area contributed by atoms with Crippen LogP contribution in [-0.4, -0.2) is 33.9 Å². The number of nitrogens with zero attached hydrogens (tertiary/aromatic N) is 3. The monoisotopic (exact) mass is 383 g/mol. The minimum Gasteiger partial charge on any atom is -0.466 e. The molecule has 0 radical (unpaired) electrons. The number of hydrogen-bond donors (Lipinski definition) is 0. The summed E-state index contributed by atoms with van der Waals surface area (Å²) in [6.07, 6.45) is 16.8. The lowest BCUT2D eigenvalue weighted by atomic mass is 10.0. The SMILES string of the molecule is O=C(N1C=COC(CC2=CC=CCC2)=C1)N1CCC(c2cccnc2Cl)C1. The van der Waals surface area contributed by atoms with Crippen LogP contribution in [0.5, 0.6) is 0 Å². The first-order valence-electron chi connectivity index (χ1n) is 9.27. The molecule has 140 valence electrons. The highest BCUT2D eigenvalue weighted by Gasteiger charge is 2.31. The van der Waals surface area contributed by atoms with Crippen molar-refractivity contribution < 1.29 is 9.53 Å². The molecule has 0 aromatic carbocycles. The molecule has 6 heteroatoms. The summed E-state index contributed by atoms with van der Waals surface area (Å²) in [5.41, 5.74) is 2.33. The summed E-state index contributed by atoms with van der Waals surface area (Å²) in [7, 11) is 0. The molecule has 1 saturated heterocycles. The van der Waals surface area contributed by atoms with E-state index in [0.29, 0.717) is 18.2 Å². The van der Waals surface area contributed by atoms with Gasteiger partial charge in [-0.3, -0.25) is 4.90 Å².